The molecule has 0 heterocycles. The Labute approximate surface area is 127 Å². The third-order valence-electron chi connectivity index (χ3n) is 3.77. The van der Waals surface area contributed by atoms with Crippen molar-refractivity contribution in [2.75, 3.05) is 0 Å². The maximum absolute atomic E-state index is 11.5. The molecule has 0 spiro atoms. The van der Waals surface area contributed by atoms with E-state index in [1.54, 1.807) is 0 Å². The fraction of sp³-hybridized carbons (Fsp3) is 0.588. The molecule has 2 rings (SSSR count). The minimum atomic E-state index is -0.446. The molecule has 0 bridgehead atoms. The summed E-state index contributed by atoms with van der Waals surface area (Å²) < 4.78 is 0. The molecule has 1 saturated carbocycles. The lowest BCUT2D eigenvalue weighted by atomic mass is 9.96. The van der Waals surface area contributed by atoms with Gasteiger partial charge in [0, 0.05) is 12.0 Å². The number of amides is 1. The Bertz CT molecular complexity index is 455. The highest BCUT2D eigenvalue weighted by molar-refractivity contribution is 5.79. The maximum atomic E-state index is 11.5. The molecule has 115 valence electrons. The van der Waals surface area contributed by atoms with Crippen LogP contribution >= 0.6 is 0 Å². The average molecular weight is 289 g/mol. The van der Waals surface area contributed by atoms with Crippen molar-refractivity contribution in [3.8, 4) is 0 Å². The second-order valence-corrected chi connectivity index (χ2v) is 6.54. The number of nitrogens with zero attached hydrogens (tertiary/aromatic N) is 1. The molecule has 1 aliphatic carbocycles. The van der Waals surface area contributed by atoms with Crippen LogP contribution in [0.4, 0.5) is 0 Å². The summed E-state index contributed by atoms with van der Waals surface area (Å²) in [6.07, 6.45) is 4.38. The molecule has 1 aliphatic rings. The molecule has 0 aliphatic heterocycles. The van der Waals surface area contributed by atoms with E-state index in [1.165, 1.54) is 5.56 Å². The van der Waals surface area contributed by atoms with Crippen LogP contribution in [0.25, 0.3) is 0 Å². The maximum Gasteiger partial charge on any atom is 0.272 e. The molecule has 4 heteroatoms. The standard InChI is InChI=1S/C17H25N2O2/c1-17(2,21-19-16(20)14-8-9-14)11-10-15(18)12-13-6-4-3-5-7-13/h3-7,14-15H,8-12,18H2,1-2H3. The number of carbonyl (C=O) groups excluding carboxylic acids is 1. The van der Waals surface area contributed by atoms with Crippen LogP contribution in [0.5, 0.6) is 0 Å². The lowest BCUT2D eigenvalue weighted by Crippen LogP contribution is -2.34. The Hall–Kier alpha value is -1.39. The largest absolute Gasteiger partial charge is 0.327 e. The van der Waals surface area contributed by atoms with Gasteiger partial charge < -0.3 is 5.73 Å². The SMILES string of the molecule is CC(C)(CCC(N)Cc1ccccc1)O[N]C(=O)C1CC1. The van der Waals surface area contributed by atoms with E-state index >= 15 is 0 Å². The van der Waals surface area contributed by atoms with E-state index in [4.69, 9.17) is 10.6 Å². The van der Waals surface area contributed by atoms with Gasteiger partial charge in [0.1, 0.15) is 0 Å². The molecule has 1 amide bonds. The Balaban J connectivity index is 1.68. The fourth-order valence-corrected chi connectivity index (χ4v) is 2.17. The highest BCUT2D eigenvalue weighted by atomic mass is 16.7. The molecule has 2 N–H and O–H groups in total. The minimum Gasteiger partial charge on any atom is -0.327 e. The Morgan fingerprint density at radius 1 is 1.38 bits per heavy atom. The number of nitrogens with two attached hydrogens (primary N) is 1. The number of hydroxylamine groups is 1. The molecule has 1 unspecified atom stereocenters. The summed E-state index contributed by atoms with van der Waals surface area (Å²) in [4.78, 5) is 16.9. The molecule has 1 atom stereocenters. The number of carbonyl (C=O) groups is 1. The molecular weight excluding hydrogens is 264 g/mol. The van der Waals surface area contributed by atoms with E-state index in [0.717, 1.165) is 32.1 Å². The quantitative estimate of drug-likeness (QED) is 0.748. The number of hydrogen-bond acceptors (Lipinski definition) is 3. The normalized spacial score (nSPS) is 16.5. The highest BCUT2D eigenvalue weighted by Crippen LogP contribution is 2.29. The van der Waals surface area contributed by atoms with Gasteiger partial charge in [0.2, 0.25) is 0 Å². The van der Waals surface area contributed by atoms with Crippen LogP contribution < -0.4 is 11.2 Å². The molecule has 1 radical (unpaired) electrons. The molecule has 21 heavy (non-hydrogen) atoms. The van der Waals surface area contributed by atoms with Gasteiger partial charge in [-0.05, 0) is 51.5 Å². The van der Waals surface area contributed by atoms with E-state index in [-0.39, 0.29) is 17.9 Å². The zero-order chi connectivity index (χ0) is 15.3. The van der Waals surface area contributed by atoms with E-state index in [1.807, 2.05) is 32.0 Å². The predicted molar refractivity (Wildman–Crippen MR) is 82.4 cm³/mol. The van der Waals surface area contributed by atoms with Gasteiger partial charge in [-0.3, -0.25) is 4.79 Å². The first-order valence-corrected chi connectivity index (χ1v) is 7.69. The summed E-state index contributed by atoms with van der Waals surface area (Å²) in [5.41, 5.74) is 10.7. The monoisotopic (exact) mass is 289 g/mol. The average Bonchev–Trinajstić information content (AvgIpc) is 3.29. The van der Waals surface area contributed by atoms with Crippen molar-refractivity contribution in [1.82, 2.24) is 5.48 Å². The van der Waals surface area contributed by atoms with Crippen LogP contribution in [0, 0.1) is 5.92 Å². The first-order chi connectivity index (χ1) is 9.96. The van der Waals surface area contributed by atoms with Crippen LogP contribution in [0.1, 0.15) is 45.1 Å². The van der Waals surface area contributed by atoms with Crippen LogP contribution in [0.15, 0.2) is 30.3 Å². The molecule has 0 saturated heterocycles. The van der Waals surface area contributed by atoms with Crippen molar-refractivity contribution in [2.45, 2.75) is 57.6 Å². The van der Waals surface area contributed by atoms with Crippen molar-refractivity contribution in [3.63, 3.8) is 0 Å². The highest BCUT2D eigenvalue weighted by Gasteiger charge is 2.33. The van der Waals surface area contributed by atoms with E-state index in [9.17, 15) is 4.79 Å². The van der Waals surface area contributed by atoms with Gasteiger partial charge in [-0.2, -0.15) is 0 Å². The fourth-order valence-electron chi connectivity index (χ4n) is 2.17. The van der Waals surface area contributed by atoms with Crippen LogP contribution in [-0.2, 0) is 16.1 Å². The Kier molecular flexibility index (Phi) is 5.37. The minimum absolute atomic E-state index is 0.0920. The van der Waals surface area contributed by atoms with E-state index in [2.05, 4.69) is 17.6 Å². The van der Waals surface area contributed by atoms with Gasteiger partial charge in [0.05, 0.1) is 5.60 Å². The lowest BCUT2D eigenvalue weighted by molar-refractivity contribution is -0.152. The summed E-state index contributed by atoms with van der Waals surface area (Å²) in [5, 5.41) is 0. The molecule has 0 aromatic heterocycles. The molecule has 1 fully saturated rings. The van der Waals surface area contributed by atoms with Gasteiger partial charge in [-0.25, -0.2) is 4.84 Å². The topological polar surface area (TPSA) is 66.4 Å². The van der Waals surface area contributed by atoms with Crippen LogP contribution in [0.2, 0.25) is 0 Å². The number of rotatable bonds is 8. The summed E-state index contributed by atoms with van der Waals surface area (Å²) >= 11 is 0. The van der Waals surface area contributed by atoms with Crippen LogP contribution in [0.3, 0.4) is 0 Å². The van der Waals surface area contributed by atoms with Crippen molar-refractivity contribution in [2.24, 2.45) is 11.7 Å². The first-order valence-electron chi connectivity index (χ1n) is 7.69. The second-order valence-electron chi connectivity index (χ2n) is 6.54. The van der Waals surface area contributed by atoms with Crippen molar-refractivity contribution in [3.05, 3.63) is 35.9 Å². The van der Waals surface area contributed by atoms with Gasteiger partial charge >= 0.3 is 0 Å². The van der Waals surface area contributed by atoms with Crippen molar-refractivity contribution >= 4 is 5.91 Å². The van der Waals surface area contributed by atoms with Gasteiger partial charge in [-0.1, -0.05) is 35.8 Å². The Morgan fingerprint density at radius 2 is 2.05 bits per heavy atom. The number of benzene rings is 1. The molecule has 1 aromatic rings. The van der Waals surface area contributed by atoms with Crippen LogP contribution in [-0.4, -0.2) is 17.6 Å². The van der Waals surface area contributed by atoms with E-state index < -0.39 is 5.60 Å². The van der Waals surface area contributed by atoms with Gasteiger partial charge in [-0.15, -0.1) is 0 Å². The third-order valence-corrected chi connectivity index (χ3v) is 3.77. The zero-order valence-corrected chi connectivity index (χ0v) is 12.9. The summed E-state index contributed by atoms with van der Waals surface area (Å²) in [7, 11) is 0. The first kappa shape index (κ1) is 16.0. The summed E-state index contributed by atoms with van der Waals surface area (Å²) in [6, 6.07) is 10.3. The van der Waals surface area contributed by atoms with Crippen molar-refractivity contribution < 1.29 is 9.63 Å². The summed E-state index contributed by atoms with van der Waals surface area (Å²) in [6.45, 7) is 3.90. The van der Waals surface area contributed by atoms with E-state index in [0.29, 0.717) is 0 Å². The van der Waals surface area contributed by atoms with Gasteiger partial charge in [0.15, 0.2) is 0 Å². The predicted octanol–water partition coefficient (Wildman–Crippen LogP) is 2.59. The Morgan fingerprint density at radius 3 is 2.67 bits per heavy atom. The molecule has 4 nitrogen and oxygen atoms in total. The zero-order valence-electron chi connectivity index (χ0n) is 12.9. The molecule has 1 aromatic carbocycles. The summed E-state index contributed by atoms with van der Waals surface area (Å²) in [5.74, 6) is -0.00204. The molecular formula is C17H25N2O2. The van der Waals surface area contributed by atoms with Crippen molar-refractivity contribution in [1.29, 1.82) is 0 Å². The smallest absolute Gasteiger partial charge is 0.272 e. The third kappa shape index (κ3) is 5.86. The number of hydrogen-bond donors (Lipinski definition) is 1. The lowest BCUT2D eigenvalue weighted by Gasteiger charge is -2.24. The second kappa shape index (κ2) is 7.05. The van der Waals surface area contributed by atoms with Gasteiger partial charge in [0.25, 0.3) is 5.91 Å².